The number of aromatic nitrogens is 2. The Morgan fingerprint density at radius 1 is 1.20 bits per heavy atom. The quantitative estimate of drug-likeness (QED) is 0.889. The maximum Gasteiger partial charge on any atom is 0.218 e. The molecule has 4 heteroatoms. The average Bonchev–Trinajstić information content (AvgIpc) is 2.34. The summed E-state index contributed by atoms with van der Waals surface area (Å²) in [6.45, 7) is 9.60. The molecule has 0 radical (unpaired) electrons. The van der Waals surface area contributed by atoms with Crippen LogP contribution in [0.1, 0.15) is 52.3 Å². The topological polar surface area (TPSA) is 47.0 Å². The van der Waals surface area contributed by atoms with Crippen molar-refractivity contribution >= 4 is 5.82 Å². The molecule has 0 aromatic carbocycles. The fourth-order valence-corrected chi connectivity index (χ4v) is 3.08. The second kappa shape index (κ2) is 6.91. The molecule has 1 saturated carbocycles. The first-order valence-electron chi connectivity index (χ1n) is 7.83. The van der Waals surface area contributed by atoms with Gasteiger partial charge in [-0.3, -0.25) is 0 Å². The summed E-state index contributed by atoms with van der Waals surface area (Å²) in [5, 5.41) is 3.30. The minimum Gasteiger partial charge on any atom is -0.474 e. The molecule has 0 spiro atoms. The number of rotatable bonds is 5. The number of hydrogen-bond acceptors (Lipinski definition) is 4. The Hall–Kier alpha value is -1.32. The number of aryl methyl sites for hydroxylation is 1. The van der Waals surface area contributed by atoms with Gasteiger partial charge >= 0.3 is 0 Å². The smallest absolute Gasteiger partial charge is 0.218 e. The van der Waals surface area contributed by atoms with Crippen LogP contribution in [0.5, 0.6) is 5.88 Å². The highest BCUT2D eigenvalue weighted by Gasteiger charge is 2.25. The van der Waals surface area contributed by atoms with E-state index in [-0.39, 0.29) is 0 Å². The molecule has 1 aliphatic carbocycles. The maximum atomic E-state index is 6.11. The third-order valence-corrected chi connectivity index (χ3v) is 3.79. The maximum absolute atomic E-state index is 6.11. The zero-order valence-corrected chi connectivity index (χ0v) is 13.1. The molecular formula is C16H27N3O. The van der Waals surface area contributed by atoms with E-state index in [1.165, 1.54) is 6.42 Å². The van der Waals surface area contributed by atoms with Gasteiger partial charge in [-0.25, -0.2) is 4.98 Å². The van der Waals surface area contributed by atoms with Crippen LogP contribution in [0, 0.1) is 18.8 Å². The molecule has 4 nitrogen and oxygen atoms in total. The van der Waals surface area contributed by atoms with Crippen molar-refractivity contribution in [1.82, 2.24) is 9.97 Å². The molecule has 1 aromatic rings. The molecule has 0 aliphatic heterocycles. The molecule has 2 unspecified atom stereocenters. The Kier molecular flexibility index (Phi) is 5.21. The number of nitrogens with one attached hydrogen (secondary N) is 1. The van der Waals surface area contributed by atoms with Crippen molar-refractivity contribution < 1.29 is 4.74 Å². The molecule has 20 heavy (non-hydrogen) atoms. The molecule has 1 heterocycles. The first-order valence-corrected chi connectivity index (χ1v) is 7.83. The molecule has 1 aromatic heterocycles. The van der Waals surface area contributed by atoms with Crippen molar-refractivity contribution in [2.75, 3.05) is 11.9 Å². The first kappa shape index (κ1) is 15.1. The van der Waals surface area contributed by atoms with E-state index in [9.17, 15) is 0 Å². The van der Waals surface area contributed by atoms with Crippen molar-refractivity contribution in [3.05, 3.63) is 11.9 Å². The molecule has 0 bridgehead atoms. The molecule has 112 valence electrons. The fraction of sp³-hybridized carbons (Fsp3) is 0.750. The number of ether oxygens (including phenoxy) is 1. The van der Waals surface area contributed by atoms with Gasteiger partial charge in [0.05, 0.1) is 0 Å². The summed E-state index contributed by atoms with van der Waals surface area (Å²) >= 11 is 0. The van der Waals surface area contributed by atoms with Gasteiger partial charge in [0.15, 0.2) is 0 Å². The Bertz CT molecular complexity index is 426. The predicted molar refractivity (Wildman–Crippen MR) is 82.1 cm³/mol. The van der Waals surface area contributed by atoms with E-state index in [1.54, 1.807) is 0 Å². The molecule has 1 N–H and O–H groups in total. The number of nitrogens with zero attached hydrogens (tertiary/aromatic N) is 2. The highest BCUT2D eigenvalue weighted by atomic mass is 16.5. The summed E-state index contributed by atoms with van der Waals surface area (Å²) in [5.74, 6) is 3.82. The number of anilines is 1. The third kappa shape index (κ3) is 4.36. The van der Waals surface area contributed by atoms with Crippen LogP contribution in [-0.4, -0.2) is 22.6 Å². The predicted octanol–water partition coefficient (Wildman–Crippen LogP) is 3.81. The van der Waals surface area contributed by atoms with E-state index in [0.717, 1.165) is 49.3 Å². The molecular weight excluding hydrogens is 250 g/mol. The van der Waals surface area contributed by atoms with E-state index >= 15 is 0 Å². The van der Waals surface area contributed by atoms with Gasteiger partial charge < -0.3 is 10.1 Å². The lowest BCUT2D eigenvalue weighted by molar-refractivity contribution is 0.0965. The Labute approximate surface area is 122 Å². The highest BCUT2D eigenvalue weighted by molar-refractivity contribution is 5.38. The zero-order valence-electron chi connectivity index (χ0n) is 13.1. The lowest BCUT2D eigenvalue weighted by atomic mass is 9.82. The molecule has 1 aliphatic rings. The summed E-state index contributed by atoms with van der Waals surface area (Å²) in [7, 11) is 0. The monoisotopic (exact) mass is 277 g/mol. The molecule has 1 fully saturated rings. The van der Waals surface area contributed by atoms with Gasteiger partial charge in [-0.1, -0.05) is 20.8 Å². The largest absolute Gasteiger partial charge is 0.474 e. The SMILES string of the molecule is CCCNc1cc(OC2CC(C)CC(C)C2)nc(C)n1. The van der Waals surface area contributed by atoms with Crippen molar-refractivity contribution in [3.63, 3.8) is 0 Å². The van der Waals surface area contributed by atoms with E-state index in [1.807, 2.05) is 13.0 Å². The fourth-order valence-electron chi connectivity index (χ4n) is 3.08. The van der Waals surface area contributed by atoms with Crippen molar-refractivity contribution in [3.8, 4) is 5.88 Å². The van der Waals surface area contributed by atoms with Gasteiger partial charge in [-0.2, -0.15) is 4.98 Å². The van der Waals surface area contributed by atoms with Gasteiger partial charge in [0.2, 0.25) is 5.88 Å². The minimum atomic E-state index is 0.294. The van der Waals surface area contributed by atoms with Crippen LogP contribution >= 0.6 is 0 Å². The summed E-state index contributed by atoms with van der Waals surface area (Å²) in [6.07, 6.45) is 4.95. The third-order valence-electron chi connectivity index (χ3n) is 3.79. The Balaban J connectivity index is 2.02. The van der Waals surface area contributed by atoms with E-state index < -0.39 is 0 Å². The Morgan fingerprint density at radius 3 is 2.55 bits per heavy atom. The lowest BCUT2D eigenvalue weighted by Crippen LogP contribution is -2.28. The van der Waals surface area contributed by atoms with Crippen LogP contribution in [-0.2, 0) is 0 Å². The van der Waals surface area contributed by atoms with Crippen molar-refractivity contribution in [2.24, 2.45) is 11.8 Å². The van der Waals surface area contributed by atoms with Gasteiger partial charge in [0.25, 0.3) is 0 Å². The van der Waals surface area contributed by atoms with Crippen LogP contribution in [0.4, 0.5) is 5.82 Å². The van der Waals surface area contributed by atoms with E-state index in [2.05, 4.69) is 36.1 Å². The summed E-state index contributed by atoms with van der Waals surface area (Å²) in [4.78, 5) is 8.80. The molecule has 0 saturated heterocycles. The zero-order chi connectivity index (χ0) is 14.5. The molecule has 2 atom stereocenters. The number of hydrogen-bond donors (Lipinski definition) is 1. The van der Waals surface area contributed by atoms with Crippen LogP contribution in [0.2, 0.25) is 0 Å². The summed E-state index contributed by atoms with van der Waals surface area (Å²) < 4.78 is 6.11. The average molecular weight is 277 g/mol. The normalized spacial score (nSPS) is 26.3. The van der Waals surface area contributed by atoms with E-state index in [4.69, 9.17) is 4.74 Å². The van der Waals surface area contributed by atoms with Crippen molar-refractivity contribution in [2.45, 2.75) is 59.5 Å². The summed E-state index contributed by atoms with van der Waals surface area (Å²) in [5.41, 5.74) is 0. The van der Waals surface area contributed by atoms with Crippen LogP contribution in [0.3, 0.4) is 0 Å². The lowest BCUT2D eigenvalue weighted by Gasteiger charge is -2.31. The van der Waals surface area contributed by atoms with Gasteiger partial charge in [-0.15, -0.1) is 0 Å². The van der Waals surface area contributed by atoms with Gasteiger partial charge in [-0.05, 0) is 44.4 Å². The summed E-state index contributed by atoms with van der Waals surface area (Å²) in [6, 6.07) is 1.92. The minimum absolute atomic E-state index is 0.294. The van der Waals surface area contributed by atoms with Crippen LogP contribution in [0.15, 0.2) is 6.07 Å². The van der Waals surface area contributed by atoms with E-state index in [0.29, 0.717) is 12.0 Å². The molecule has 2 rings (SSSR count). The first-order chi connectivity index (χ1) is 9.56. The second-order valence-electron chi connectivity index (χ2n) is 6.22. The highest BCUT2D eigenvalue weighted by Crippen LogP contribution is 2.31. The van der Waals surface area contributed by atoms with Gasteiger partial charge in [0, 0.05) is 12.6 Å². The van der Waals surface area contributed by atoms with Gasteiger partial charge in [0.1, 0.15) is 17.7 Å². The standard InChI is InChI=1S/C16H27N3O/c1-5-6-17-15-10-16(19-13(4)18-15)20-14-8-11(2)7-12(3)9-14/h10-12,14H,5-9H2,1-4H3,(H,17,18,19). The molecule has 0 amide bonds. The van der Waals surface area contributed by atoms with Crippen molar-refractivity contribution in [1.29, 1.82) is 0 Å². The second-order valence-corrected chi connectivity index (χ2v) is 6.22. The Morgan fingerprint density at radius 2 is 1.90 bits per heavy atom. The van der Waals surface area contributed by atoms with Crippen LogP contribution in [0.25, 0.3) is 0 Å². The van der Waals surface area contributed by atoms with Crippen LogP contribution < -0.4 is 10.1 Å².